The second-order valence-electron chi connectivity index (χ2n) is 3.21. The molecule has 1 aromatic heterocycles. The molecule has 0 aliphatic rings. The molecule has 0 aromatic carbocycles. The number of aromatic nitrogens is 1. The van der Waals surface area contributed by atoms with Crippen LogP contribution in [0.15, 0.2) is 34.6 Å². The van der Waals surface area contributed by atoms with Crippen LogP contribution >= 0.6 is 0 Å². The van der Waals surface area contributed by atoms with Gasteiger partial charge in [0, 0.05) is 18.9 Å². The maximum Gasteiger partial charge on any atom is 0.245 e. The average molecular weight is 258 g/mol. The third-order valence-corrected chi connectivity index (χ3v) is 4.00. The summed E-state index contributed by atoms with van der Waals surface area (Å²) < 4.78 is 25.3. The molecule has 0 spiro atoms. The second kappa shape index (κ2) is 5.60. The Hall–Kier alpha value is -1.67. The van der Waals surface area contributed by atoms with E-state index in [2.05, 4.69) is 10.1 Å². The van der Waals surface area contributed by atoms with E-state index < -0.39 is 10.0 Å². The second-order valence-corrected chi connectivity index (χ2v) is 5.15. The summed E-state index contributed by atoms with van der Waals surface area (Å²) in [5.74, 6) is -0.167. The van der Waals surface area contributed by atoms with Crippen LogP contribution in [0.3, 0.4) is 0 Å². The molecule has 17 heavy (non-hydrogen) atoms. The molecule has 0 bridgehead atoms. The SMILES string of the molecule is CCN(CC(N)=NO)S(=O)(=O)c1cccnc1. The molecule has 0 fully saturated rings. The fourth-order valence-corrected chi connectivity index (χ4v) is 2.61. The van der Waals surface area contributed by atoms with Gasteiger partial charge in [-0.05, 0) is 12.1 Å². The first-order valence-corrected chi connectivity index (χ1v) is 6.33. The molecule has 0 unspecified atom stereocenters. The molecule has 0 aliphatic heterocycles. The van der Waals surface area contributed by atoms with Gasteiger partial charge in [0.15, 0.2) is 5.84 Å². The highest BCUT2D eigenvalue weighted by atomic mass is 32.2. The van der Waals surface area contributed by atoms with E-state index >= 15 is 0 Å². The van der Waals surface area contributed by atoms with E-state index in [-0.39, 0.29) is 23.8 Å². The third-order valence-electron chi connectivity index (χ3n) is 2.09. The molecule has 0 amide bonds. The van der Waals surface area contributed by atoms with Crippen molar-refractivity contribution in [3.63, 3.8) is 0 Å². The van der Waals surface area contributed by atoms with Gasteiger partial charge in [0.05, 0.1) is 6.54 Å². The Balaban J connectivity index is 3.03. The first-order chi connectivity index (χ1) is 8.02. The van der Waals surface area contributed by atoms with E-state index in [1.165, 1.54) is 24.5 Å². The van der Waals surface area contributed by atoms with Crippen molar-refractivity contribution in [1.29, 1.82) is 0 Å². The number of nitrogens with two attached hydrogens (primary N) is 1. The Labute approximate surface area is 99.6 Å². The lowest BCUT2D eigenvalue weighted by Gasteiger charge is -2.19. The predicted octanol–water partition coefficient (Wildman–Crippen LogP) is -0.161. The van der Waals surface area contributed by atoms with Crippen LogP contribution in [0.4, 0.5) is 0 Å². The molecule has 8 heteroatoms. The molecule has 0 saturated heterocycles. The number of hydrogen-bond acceptors (Lipinski definition) is 5. The fraction of sp³-hybridized carbons (Fsp3) is 0.333. The molecule has 1 aromatic rings. The van der Waals surface area contributed by atoms with E-state index in [0.717, 1.165) is 4.31 Å². The van der Waals surface area contributed by atoms with Crippen LogP contribution < -0.4 is 5.73 Å². The number of hydrogen-bond donors (Lipinski definition) is 2. The monoisotopic (exact) mass is 258 g/mol. The number of pyridine rings is 1. The maximum absolute atomic E-state index is 12.1. The summed E-state index contributed by atoms with van der Waals surface area (Å²) in [5.41, 5.74) is 5.30. The Morgan fingerprint density at radius 3 is 2.82 bits per heavy atom. The molecular weight excluding hydrogens is 244 g/mol. The smallest absolute Gasteiger partial charge is 0.245 e. The third kappa shape index (κ3) is 3.14. The number of sulfonamides is 1. The largest absolute Gasteiger partial charge is 0.409 e. The number of rotatable bonds is 5. The number of likely N-dealkylation sites (N-methyl/N-ethyl adjacent to an activating group) is 1. The van der Waals surface area contributed by atoms with Crippen molar-refractivity contribution in [2.24, 2.45) is 10.9 Å². The average Bonchev–Trinajstić information content (AvgIpc) is 2.36. The van der Waals surface area contributed by atoms with E-state index in [1.807, 2.05) is 0 Å². The molecular formula is C9H14N4O3S. The molecule has 1 rings (SSSR count). The topological polar surface area (TPSA) is 109 Å². The van der Waals surface area contributed by atoms with Gasteiger partial charge >= 0.3 is 0 Å². The van der Waals surface area contributed by atoms with Crippen molar-refractivity contribution in [2.75, 3.05) is 13.1 Å². The van der Waals surface area contributed by atoms with Crippen molar-refractivity contribution in [3.05, 3.63) is 24.5 Å². The maximum atomic E-state index is 12.1. The van der Waals surface area contributed by atoms with Gasteiger partial charge in [0.2, 0.25) is 10.0 Å². The summed E-state index contributed by atoms with van der Waals surface area (Å²) in [5, 5.41) is 11.2. The molecule has 7 nitrogen and oxygen atoms in total. The van der Waals surface area contributed by atoms with Crippen LogP contribution in [0.2, 0.25) is 0 Å². The van der Waals surface area contributed by atoms with Gasteiger partial charge in [0.25, 0.3) is 0 Å². The first-order valence-electron chi connectivity index (χ1n) is 4.89. The lowest BCUT2D eigenvalue weighted by molar-refractivity contribution is 0.315. The highest BCUT2D eigenvalue weighted by Crippen LogP contribution is 2.13. The minimum absolute atomic E-state index is 0.0765. The zero-order chi connectivity index (χ0) is 12.9. The molecule has 94 valence electrons. The highest BCUT2D eigenvalue weighted by molar-refractivity contribution is 7.89. The molecule has 0 radical (unpaired) electrons. The molecule has 0 atom stereocenters. The minimum Gasteiger partial charge on any atom is -0.409 e. The van der Waals surface area contributed by atoms with Crippen LogP contribution in [0.25, 0.3) is 0 Å². The van der Waals surface area contributed by atoms with E-state index in [4.69, 9.17) is 10.9 Å². The van der Waals surface area contributed by atoms with Crippen LogP contribution in [-0.4, -0.2) is 41.8 Å². The first kappa shape index (κ1) is 13.4. The molecule has 0 saturated carbocycles. The Morgan fingerprint density at radius 2 is 2.35 bits per heavy atom. The van der Waals surface area contributed by atoms with Crippen molar-refractivity contribution in [1.82, 2.24) is 9.29 Å². The van der Waals surface area contributed by atoms with Gasteiger partial charge in [0.1, 0.15) is 4.90 Å². The summed E-state index contributed by atoms with van der Waals surface area (Å²) in [4.78, 5) is 3.83. The summed E-state index contributed by atoms with van der Waals surface area (Å²) in [6, 6.07) is 2.97. The van der Waals surface area contributed by atoms with E-state index in [9.17, 15) is 8.42 Å². The van der Waals surface area contributed by atoms with Crippen molar-refractivity contribution in [2.45, 2.75) is 11.8 Å². The lowest BCUT2D eigenvalue weighted by Crippen LogP contribution is -2.38. The van der Waals surface area contributed by atoms with Gasteiger partial charge in [-0.2, -0.15) is 4.31 Å². The number of nitrogens with zero attached hydrogens (tertiary/aromatic N) is 3. The normalized spacial score (nSPS) is 12.9. The Kier molecular flexibility index (Phi) is 4.41. The van der Waals surface area contributed by atoms with Gasteiger partial charge in [-0.15, -0.1) is 0 Å². The van der Waals surface area contributed by atoms with Crippen LogP contribution in [0.1, 0.15) is 6.92 Å². The van der Waals surface area contributed by atoms with E-state index in [0.29, 0.717) is 0 Å². The minimum atomic E-state index is -3.66. The van der Waals surface area contributed by atoms with Gasteiger partial charge in [-0.1, -0.05) is 12.1 Å². The highest BCUT2D eigenvalue weighted by Gasteiger charge is 2.23. The predicted molar refractivity (Wildman–Crippen MR) is 62.1 cm³/mol. The summed E-state index contributed by atoms with van der Waals surface area (Å²) in [6.07, 6.45) is 2.74. The van der Waals surface area contributed by atoms with Crippen molar-refractivity contribution >= 4 is 15.9 Å². The zero-order valence-corrected chi connectivity index (χ0v) is 10.1. The molecule has 0 aliphatic carbocycles. The van der Waals surface area contributed by atoms with Crippen molar-refractivity contribution in [3.8, 4) is 0 Å². The van der Waals surface area contributed by atoms with Crippen LogP contribution in [0.5, 0.6) is 0 Å². The molecule has 1 heterocycles. The quantitative estimate of drug-likeness (QED) is 0.330. The lowest BCUT2D eigenvalue weighted by atomic mass is 10.5. The van der Waals surface area contributed by atoms with Gasteiger partial charge in [-0.25, -0.2) is 8.42 Å². The zero-order valence-electron chi connectivity index (χ0n) is 9.31. The Morgan fingerprint density at radius 1 is 1.65 bits per heavy atom. The van der Waals surface area contributed by atoms with Crippen molar-refractivity contribution < 1.29 is 13.6 Å². The molecule has 3 N–H and O–H groups in total. The number of oxime groups is 1. The standard InChI is InChI=1S/C9H14N4O3S/c1-2-13(7-9(10)12-14)17(15,16)8-4-3-5-11-6-8/h3-6,14H,2,7H2,1H3,(H2,10,12). The number of amidine groups is 1. The Bertz CT molecular complexity index is 486. The summed E-state index contributed by atoms with van der Waals surface area (Å²) in [7, 11) is -3.66. The summed E-state index contributed by atoms with van der Waals surface area (Å²) in [6.45, 7) is 1.72. The fourth-order valence-electron chi connectivity index (χ4n) is 1.23. The van der Waals surface area contributed by atoms with Crippen LogP contribution in [-0.2, 0) is 10.0 Å². The van der Waals surface area contributed by atoms with E-state index in [1.54, 1.807) is 6.92 Å². The summed E-state index contributed by atoms with van der Waals surface area (Å²) >= 11 is 0. The van der Waals surface area contributed by atoms with Gasteiger partial charge < -0.3 is 10.9 Å². The van der Waals surface area contributed by atoms with Gasteiger partial charge in [-0.3, -0.25) is 4.98 Å². The van der Waals surface area contributed by atoms with Crippen LogP contribution in [0, 0.1) is 0 Å².